The molecule has 214 valence electrons. The molecule has 0 radical (unpaired) electrons. The summed E-state index contributed by atoms with van der Waals surface area (Å²) in [5.41, 5.74) is 6.11. The van der Waals surface area contributed by atoms with Crippen molar-refractivity contribution in [3.05, 3.63) is 101 Å². The Kier molecular flexibility index (Phi) is 8.38. The minimum atomic E-state index is -0.662. The Balaban J connectivity index is 1.34. The molecule has 2 aliphatic rings. The molecule has 1 aliphatic carbocycles. The molecule has 7 nitrogen and oxygen atoms in total. The average Bonchev–Trinajstić information content (AvgIpc) is 3.40. The monoisotopic (exact) mass is 555 g/mol. The van der Waals surface area contributed by atoms with Crippen LogP contribution in [-0.2, 0) is 23.5 Å². The second kappa shape index (κ2) is 11.8. The van der Waals surface area contributed by atoms with Crippen molar-refractivity contribution >= 4 is 19.3 Å². The van der Waals surface area contributed by atoms with Crippen LogP contribution in [0.5, 0.6) is 0 Å². The van der Waals surface area contributed by atoms with Crippen LogP contribution in [0.2, 0.25) is 0 Å². The van der Waals surface area contributed by atoms with E-state index in [0.717, 1.165) is 16.6 Å². The van der Waals surface area contributed by atoms with Crippen LogP contribution in [0, 0.1) is 0 Å². The van der Waals surface area contributed by atoms with E-state index in [9.17, 15) is 4.79 Å². The van der Waals surface area contributed by atoms with Gasteiger partial charge in [-0.05, 0) is 61.0 Å². The predicted molar refractivity (Wildman–Crippen MR) is 160 cm³/mol. The maximum Gasteiger partial charge on any atom is 0.492 e. The van der Waals surface area contributed by atoms with Crippen molar-refractivity contribution in [2.75, 3.05) is 27.4 Å². The third kappa shape index (κ3) is 5.83. The van der Waals surface area contributed by atoms with Gasteiger partial charge in [-0.15, -0.1) is 0 Å². The highest BCUT2D eigenvalue weighted by atomic mass is 16.7. The fraction of sp³-hybridized carbons (Fsp3) is 0.364. The van der Waals surface area contributed by atoms with E-state index in [2.05, 4.69) is 29.6 Å². The number of fused-ring (bicyclic) bond motifs is 3. The highest BCUT2D eigenvalue weighted by Crippen LogP contribution is 2.44. The van der Waals surface area contributed by atoms with E-state index in [-0.39, 0.29) is 19.1 Å². The van der Waals surface area contributed by atoms with Crippen LogP contribution in [0.3, 0.4) is 0 Å². The van der Waals surface area contributed by atoms with Gasteiger partial charge in [0.2, 0.25) is 0 Å². The largest absolute Gasteiger partial charge is 0.492 e. The Bertz CT molecular complexity index is 1370. The fourth-order valence-electron chi connectivity index (χ4n) is 5.43. The SMILES string of the molecule is COC(OC)c1ccccc1C=C(CNC(=O)OCC1c2ccccc2-c2ccccc21)B1OC(C)(C)C(C)(C)O1. The van der Waals surface area contributed by atoms with Gasteiger partial charge in [-0.3, -0.25) is 0 Å². The Morgan fingerprint density at radius 3 is 2.00 bits per heavy atom. The first-order valence-corrected chi connectivity index (χ1v) is 13.9. The minimum Gasteiger partial charge on any atom is -0.449 e. The molecule has 1 amide bonds. The summed E-state index contributed by atoms with van der Waals surface area (Å²) < 4.78 is 29.5. The molecule has 0 aromatic heterocycles. The average molecular weight is 555 g/mol. The number of ether oxygens (including phenoxy) is 3. The molecule has 3 aromatic rings. The standard InChI is InChI=1S/C33H38BNO6/c1-32(2)33(3,4)41-34(40-32)23(19-22-13-7-8-14-24(22)30(37-5)38-6)20-35-31(36)39-21-29-27-17-11-9-15-25(27)26-16-10-12-18-28(26)29/h7-19,29-30H,20-21H2,1-6H3,(H,35,36). The molecule has 3 aromatic carbocycles. The van der Waals surface area contributed by atoms with Gasteiger partial charge in [0.1, 0.15) is 6.61 Å². The highest BCUT2D eigenvalue weighted by Gasteiger charge is 2.52. The Morgan fingerprint density at radius 1 is 0.878 bits per heavy atom. The lowest BCUT2D eigenvalue weighted by molar-refractivity contribution is -0.106. The number of nitrogens with one attached hydrogen (secondary N) is 1. The molecule has 5 rings (SSSR count). The molecule has 41 heavy (non-hydrogen) atoms. The summed E-state index contributed by atoms with van der Waals surface area (Å²) in [7, 11) is 2.54. The third-order valence-corrected chi connectivity index (χ3v) is 8.36. The summed E-state index contributed by atoms with van der Waals surface area (Å²) in [6, 6.07) is 24.4. The van der Waals surface area contributed by atoms with Crippen LogP contribution in [0.1, 0.15) is 62.2 Å². The van der Waals surface area contributed by atoms with E-state index < -0.39 is 30.7 Å². The molecule has 1 N–H and O–H groups in total. The molecule has 8 heteroatoms. The van der Waals surface area contributed by atoms with Gasteiger partial charge in [-0.25, -0.2) is 4.79 Å². The second-order valence-corrected chi connectivity index (χ2v) is 11.4. The van der Waals surface area contributed by atoms with Crippen LogP contribution in [-0.4, -0.2) is 51.8 Å². The van der Waals surface area contributed by atoms with Crippen molar-refractivity contribution in [3.8, 4) is 11.1 Å². The van der Waals surface area contributed by atoms with Crippen LogP contribution >= 0.6 is 0 Å². The maximum atomic E-state index is 13.0. The van der Waals surface area contributed by atoms with Crippen molar-refractivity contribution < 1.29 is 28.3 Å². The first kappa shape index (κ1) is 29.1. The number of hydrogen-bond donors (Lipinski definition) is 1. The lowest BCUT2D eigenvalue weighted by Crippen LogP contribution is -2.41. The van der Waals surface area contributed by atoms with Crippen molar-refractivity contribution in [1.82, 2.24) is 5.32 Å². The molecule has 0 spiro atoms. The van der Waals surface area contributed by atoms with E-state index in [1.165, 1.54) is 22.3 Å². The number of amides is 1. The maximum absolute atomic E-state index is 13.0. The van der Waals surface area contributed by atoms with Crippen LogP contribution < -0.4 is 5.32 Å². The van der Waals surface area contributed by atoms with E-state index in [4.69, 9.17) is 23.5 Å². The Morgan fingerprint density at radius 2 is 1.41 bits per heavy atom. The molecule has 1 saturated heterocycles. The topological polar surface area (TPSA) is 75.3 Å². The van der Waals surface area contributed by atoms with E-state index in [0.29, 0.717) is 0 Å². The number of rotatable bonds is 9. The third-order valence-electron chi connectivity index (χ3n) is 8.36. The number of methoxy groups -OCH3 is 2. The van der Waals surface area contributed by atoms with Crippen molar-refractivity contribution in [3.63, 3.8) is 0 Å². The molecule has 0 bridgehead atoms. The summed E-state index contributed by atoms with van der Waals surface area (Å²) in [5, 5.41) is 2.93. The van der Waals surface area contributed by atoms with E-state index in [1.807, 2.05) is 82.3 Å². The number of benzene rings is 3. The molecular weight excluding hydrogens is 517 g/mol. The van der Waals surface area contributed by atoms with Gasteiger partial charge < -0.3 is 28.8 Å². The van der Waals surface area contributed by atoms with Crippen LogP contribution in [0.15, 0.2) is 78.3 Å². The number of alkyl carbamates (subject to hydrolysis) is 1. The number of hydrogen-bond acceptors (Lipinski definition) is 6. The van der Waals surface area contributed by atoms with Gasteiger partial charge in [0.05, 0.1) is 11.2 Å². The zero-order chi connectivity index (χ0) is 29.2. The zero-order valence-electron chi connectivity index (χ0n) is 24.6. The van der Waals surface area contributed by atoms with Crippen LogP contribution in [0.4, 0.5) is 4.79 Å². The number of carbonyl (C=O) groups excluding carboxylic acids is 1. The van der Waals surface area contributed by atoms with Crippen molar-refractivity contribution in [1.29, 1.82) is 0 Å². The van der Waals surface area contributed by atoms with Gasteiger partial charge in [0.25, 0.3) is 0 Å². The first-order valence-electron chi connectivity index (χ1n) is 13.9. The summed E-state index contributed by atoms with van der Waals surface area (Å²) in [6.45, 7) is 8.42. The fourth-order valence-corrected chi connectivity index (χ4v) is 5.43. The Labute approximate surface area is 242 Å². The molecule has 0 atom stereocenters. The lowest BCUT2D eigenvalue weighted by Gasteiger charge is -2.32. The van der Waals surface area contributed by atoms with E-state index >= 15 is 0 Å². The Hall–Kier alpha value is -3.43. The molecule has 1 fully saturated rings. The summed E-state index contributed by atoms with van der Waals surface area (Å²) >= 11 is 0. The van der Waals surface area contributed by atoms with Crippen LogP contribution in [0.25, 0.3) is 17.2 Å². The van der Waals surface area contributed by atoms with Crippen molar-refractivity contribution in [2.24, 2.45) is 0 Å². The number of carbonyl (C=O) groups is 1. The highest BCUT2D eigenvalue weighted by molar-refractivity contribution is 6.56. The summed E-state index contributed by atoms with van der Waals surface area (Å²) in [4.78, 5) is 13.0. The normalized spacial score (nSPS) is 17.4. The first-order chi connectivity index (χ1) is 19.6. The smallest absolute Gasteiger partial charge is 0.449 e. The van der Waals surface area contributed by atoms with E-state index in [1.54, 1.807) is 14.2 Å². The molecule has 1 heterocycles. The van der Waals surface area contributed by atoms with Crippen molar-refractivity contribution in [2.45, 2.75) is 51.1 Å². The molecule has 0 unspecified atom stereocenters. The summed E-state index contributed by atoms with van der Waals surface area (Å²) in [5.74, 6) is -0.0156. The molecule has 1 aliphatic heterocycles. The zero-order valence-corrected chi connectivity index (χ0v) is 24.6. The van der Waals surface area contributed by atoms with Gasteiger partial charge in [0.15, 0.2) is 6.29 Å². The molecular formula is C33H38BNO6. The van der Waals surface area contributed by atoms with Gasteiger partial charge in [-0.2, -0.15) is 0 Å². The quantitative estimate of drug-likeness (QED) is 0.239. The predicted octanol–water partition coefficient (Wildman–Crippen LogP) is 6.53. The minimum absolute atomic E-state index is 0.0156. The lowest BCUT2D eigenvalue weighted by atomic mass is 9.76. The summed E-state index contributed by atoms with van der Waals surface area (Å²) in [6.07, 6.45) is 0.915. The second-order valence-electron chi connectivity index (χ2n) is 11.4. The van der Waals surface area contributed by atoms with Gasteiger partial charge >= 0.3 is 13.2 Å². The molecule has 0 saturated carbocycles. The van der Waals surface area contributed by atoms with Gasteiger partial charge in [0, 0.05) is 32.2 Å². The van der Waals surface area contributed by atoms with Gasteiger partial charge in [-0.1, -0.05) is 78.9 Å².